The van der Waals surface area contributed by atoms with Crippen molar-refractivity contribution in [3.05, 3.63) is 71.5 Å². The Morgan fingerprint density at radius 2 is 1.76 bits per heavy atom. The summed E-state index contributed by atoms with van der Waals surface area (Å²) in [5.74, 6) is 0. The van der Waals surface area contributed by atoms with Crippen molar-refractivity contribution in [2.45, 2.75) is 20.4 Å². The number of nitrogens with two attached hydrogens (primary N) is 1. The summed E-state index contributed by atoms with van der Waals surface area (Å²) in [7, 11) is 0. The summed E-state index contributed by atoms with van der Waals surface area (Å²) in [6, 6.07) is 14.4. The van der Waals surface area contributed by atoms with Crippen LogP contribution in [0.3, 0.4) is 0 Å². The van der Waals surface area contributed by atoms with Crippen LogP contribution >= 0.6 is 0 Å². The molecule has 3 heteroatoms. The molecule has 0 aliphatic rings. The second-order valence-electron chi connectivity index (χ2n) is 5.48. The summed E-state index contributed by atoms with van der Waals surface area (Å²) >= 11 is 0. The zero-order chi connectivity index (χ0) is 14.8. The summed E-state index contributed by atoms with van der Waals surface area (Å²) in [4.78, 5) is 0. The second kappa shape index (κ2) is 5.44. The van der Waals surface area contributed by atoms with Gasteiger partial charge >= 0.3 is 0 Å². The summed E-state index contributed by atoms with van der Waals surface area (Å²) < 4.78 is 1.98. The van der Waals surface area contributed by atoms with Gasteiger partial charge in [-0.2, -0.15) is 5.10 Å². The lowest BCUT2D eigenvalue weighted by Crippen LogP contribution is -2.02. The van der Waals surface area contributed by atoms with Crippen LogP contribution in [0, 0.1) is 13.8 Å². The lowest BCUT2D eigenvalue weighted by molar-refractivity contribution is 0.684. The number of aryl methyl sites for hydroxylation is 2. The van der Waals surface area contributed by atoms with Crippen molar-refractivity contribution in [1.29, 1.82) is 0 Å². The van der Waals surface area contributed by atoms with Crippen LogP contribution in [0.2, 0.25) is 0 Å². The number of rotatable bonds is 3. The number of hydrogen-bond acceptors (Lipinski definition) is 2. The van der Waals surface area contributed by atoms with Crippen molar-refractivity contribution < 1.29 is 0 Å². The van der Waals surface area contributed by atoms with Crippen molar-refractivity contribution in [3.8, 4) is 11.1 Å². The van der Waals surface area contributed by atoms with Crippen LogP contribution in [-0.4, -0.2) is 9.78 Å². The first-order valence-corrected chi connectivity index (χ1v) is 7.06. The summed E-state index contributed by atoms with van der Waals surface area (Å²) in [5, 5.41) is 4.47. The number of nitrogens with zero attached hydrogens (tertiary/aromatic N) is 2. The van der Waals surface area contributed by atoms with Gasteiger partial charge in [0.1, 0.15) is 0 Å². The lowest BCUT2D eigenvalue weighted by atomic mass is 10.1. The predicted molar refractivity (Wildman–Crippen MR) is 87.1 cm³/mol. The van der Waals surface area contributed by atoms with E-state index < -0.39 is 0 Å². The molecule has 0 amide bonds. The van der Waals surface area contributed by atoms with Crippen LogP contribution < -0.4 is 5.73 Å². The number of nitrogen functional groups attached to an aromatic ring is 1. The molecule has 1 heterocycles. The smallest absolute Gasteiger partial charge is 0.0662 e. The Kier molecular flexibility index (Phi) is 3.48. The van der Waals surface area contributed by atoms with Gasteiger partial charge in [-0.15, -0.1) is 0 Å². The zero-order valence-electron chi connectivity index (χ0n) is 12.4. The fourth-order valence-electron chi connectivity index (χ4n) is 2.42. The molecular formula is C18H19N3. The Bertz CT molecular complexity index is 754. The van der Waals surface area contributed by atoms with Gasteiger partial charge in [-0.1, -0.05) is 35.9 Å². The fourth-order valence-corrected chi connectivity index (χ4v) is 2.42. The summed E-state index contributed by atoms with van der Waals surface area (Å²) in [6.45, 7) is 5.05. The maximum Gasteiger partial charge on any atom is 0.0662 e. The summed E-state index contributed by atoms with van der Waals surface area (Å²) in [5.41, 5.74) is 12.6. The van der Waals surface area contributed by atoms with Crippen LogP contribution in [0.15, 0.2) is 54.9 Å². The van der Waals surface area contributed by atoms with Crippen LogP contribution in [-0.2, 0) is 6.54 Å². The van der Waals surface area contributed by atoms with Crippen LogP contribution in [0.5, 0.6) is 0 Å². The van der Waals surface area contributed by atoms with E-state index in [-0.39, 0.29) is 0 Å². The largest absolute Gasteiger partial charge is 0.399 e. The van der Waals surface area contributed by atoms with Crippen LogP contribution in [0.1, 0.15) is 16.7 Å². The van der Waals surface area contributed by atoms with Crippen molar-refractivity contribution in [1.82, 2.24) is 9.78 Å². The van der Waals surface area contributed by atoms with E-state index in [1.54, 1.807) is 0 Å². The molecule has 3 aromatic rings. The van der Waals surface area contributed by atoms with E-state index in [1.807, 2.05) is 35.1 Å². The van der Waals surface area contributed by atoms with E-state index >= 15 is 0 Å². The molecule has 3 nitrogen and oxygen atoms in total. The Hall–Kier alpha value is -2.55. The SMILES string of the molecule is Cc1ccc(C)c(Cn2cc(-c3ccc(N)cc3)cn2)c1. The molecule has 0 aliphatic heterocycles. The molecule has 0 bridgehead atoms. The minimum absolute atomic E-state index is 0.779. The van der Waals surface area contributed by atoms with E-state index in [1.165, 1.54) is 16.7 Å². The highest BCUT2D eigenvalue weighted by atomic mass is 15.3. The van der Waals surface area contributed by atoms with Gasteiger partial charge in [-0.25, -0.2) is 0 Å². The first-order chi connectivity index (χ1) is 10.1. The number of aromatic nitrogens is 2. The zero-order valence-corrected chi connectivity index (χ0v) is 12.4. The maximum absolute atomic E-state index is 5.72. The van der Waals surface area contributed by atoms with Gasteiger partial charge < -0.3 is 5.73 Å². The molecule has 0 spiro atoms. The highest BCUT2D eigenvalue weighted by Crippen LogP contribution is 2.20. The molecule has 1 aromatic heterocycles. The lowest BCUT2D eigenvalue weighted by Gasteiger charge is -2.07. The monoisotopic (exact) mass is 277 g/mol. The van der Waals surface area contributed by atoms with Gasteiger partial charge in [0.15, 0.2) is 0 Å². The number of hydrogen-bond donors (Lipinski definition) is 1. The molecule has 0 radical (unpaired) electrons. The quantitative estimate of drug-likeness (QED) is 0.740. The third-order valence-corrected chi connectivity index (χ3v) is 3.71. The standard InChI is InChI=1S/C18H19N3/c1-13-3-4-14(2)16(9-13)11-21-12-17(10-20-21)15-5-7-18(19)8-6-15/h3-10,12H,11,19H2,1-2H3. The van der Waals surface area contributed by atoms with E-state index in [9.17, 15) is 0 Å². The molecule has 3 rings (SSSR count). The third-order valence-electron chi connectivity index (χ3n) is 3.71. The Balaban J connectivity index is 1.85. The molecule has 0 atom stereocenters. The van der Waals surface area contributed by atoms with E-state index in [0.717, 1.165) is 23.4 Å². The number of benzene rings is 2. The van der Waals surface area contributed by atoms with Crippen molar-refractivity contribution in [3.63, 3.8) is 0 Å². The van der Waals surface area contributed by atoms with Gasteiger partial charge in [0.05, 0.1) is 12.7 Å². The average Bonchev–Trinajstić information content (AvgIpc) is 2.92. The minimum atomic E-state index is 0.779. The molecule has 21 heavy (non-hydrogen) atoms. The van der Waals surface area contributed by atoms with E-state index in [2.05, 4.69) is 43.3 Å². The van der Waals surface area contributed by atoms with Gasteiger partial charge in [-0.05, 0) is 42.7 Å². The van der Waals surface area contributed by atoms with Crippen LogP contribution in [0.4, 0.5) is 5.69 Å². The molecule has 0 saturated carbocycles. The van der Waals surface area contributed by atoms with Gasteiger partial charge in [0.2, 0.25) is 0 Å². The minimum Gasteiger partial charge on any atom is -0.399 e. The highest BCUT2D eigenvalue weighted by molar-refractivity contribution is 5.64. The molecule has 0 unspecified atom stereocenters. The van der Waals surface area contributed by atoms with Crippen molar-refractivity contribution in [2.24, 2.45) is 0 Å². The maximum atomic E-state index is 5.72. The molecule has 0 aliphatic carbocycles. The normalized spacial score (nSPS) is 10.8. The van der Waals surface area contributed by atoms with Crippen molar-refractivity contribution in [2.75, 3.05) is 5.73 Å². The molecule has 0 fully saturated rings. The van der Waals surface area contributed by atoms with Gasteiger partial charge in [0, 0.05) is 17.4 Å². The molecule has 2 N–H and O–H groups in total. The van der Waals surface area contributed by atoms with Crippen LogP contribution in [0.25, 0.3) is 11.1 Å². The Morgan fingerprint density at radius 3 is 2.52 bits per heavy atom. The fraction of sp³-hybridized carbons (Fsp3) is 0.167. The number of anilines is 1. The third kappa shape index (κ3) is 2.97. The Labute approximate surface area is 125 Å². The molecular weight excluding hydrogens is 258 g/mol. The Morgan fingerprint density at radius 1 is 1.00 bits per heavy atom. The van der Waals surface area contributed by atoms with Gasteiger partial charge in [0.25, 0.3) is 0 Å². The highest BCUT2D eigenvalue weighted by Gasteiger charge is 2.04. The first-order valence-electron chi connectivity index (χ1n) is 7.06. The van der Waals surface area contributed by atoms with E-state index in [4.69, 9.17) is 5.73 Å². The van der Waals surface area contributed by atoms with Gasteiger partial charge in [-0.3, -0.25) is 4.68 Å². The van der Waals surface area contributed by atoms with Crippen molar-refractivity contribution >= 4 is 5.69 Å². The molecule has 2 aromatic carbocycles. The molecule has 106 valence electrons. The summed E-state index contributed by atoms with van der Waals surface area (Å²) in [6.07, 6.45) is 3.98. The predicted octanol–water partition coefficient (Wildman–Crippen LogP) is 3.80. The van der Waals surface area contributed by atoms with E-state index in [0.29, 0.717) is 0 Å². The second-order valence-corrected chi connectivity index (χ2v) is 5.48. The average molecular weight is 277 g/mol. The first kappa shape index (κ1) is 13.4. The molecule has 0 saturated heterocycles. The topological polar surface area (TPSA) is 43.8 Å².